The van der Waals surface area contributed by atoms with E-state index in [0.29, 0.717) is 6.42 Å². The van der Waals surface area contributed by atoms with Crippen LogP contribution in [0.5, 0.6) is 0 Å². The van der Waals surface area contributed by atoms with Crippen molar-refractivity contribution < 1.29 is 9.59 Å². The van der Waals surface area contributed by atoms with E-state index in [1.165, 1.54) is 0 Å². The maximum absolute atomic E-state index is 12.1. The van der Waals surface area contributed by atoms with Gasteiger partial charge < -0.3 is 10.2 Å². The maximum Gasteiger partial charge on any atom is 0.246 e. The molecule has 0 spiro atoms. The molecule has 1 rings (SSSR count). The van der Waals surface area contributed by atoms with Crippen molar-refractivity contribution in [2.45, 2.75) is 39.3 Å². The topological polar surface area (TPSA) is 49.4 Å². The van der Waals surface area contributed by atoms with Crippen molar-refractivity contribution in [1.29, 1.82) is 0 Å². The van der Waals surface area contributed by atoms with Crippen LogP contribution in [0.4, 0.5) is 0 Å². The fourth-order valence-electron chi connectivity index (χ4n) is 1.80. The van der Waals surface area contributed by atoms with Gasteiger partial charge in [0.05, 0.1) is 6.54 Å². The fourth-order valence-corrected chi connectivity index (χ4v) is 1.80. The van der Waals surface area contributed by atoms with Gasteiger partial charge in [0.1, 0.15) is 6.04 Å². The minimum atomic E-state index is -0.415. The molecule has 0 aromatic carbocycles. The predicted molar refractivity (Wildman–Crippen MR) is 61.4 cm³/mol. The molecule has 0 aliphatic carbocycles. The average molecular weight is 222 g/mol. The smallest absolute Gasteiger partial charge is 0.246 e. The largest absolute Gasteiger partial charge is 0.343 e. The summed E-state index contributed by atoms with van der Waals surface area (Å²) in [6.07, 6.45) is 5.70. The van der Waals surface area contributed by atoms with Crippen LogP contribution in [0.15, 0.2) is 0 Å². The van der Waals surface area contributed by atoms with Gasteiger partial charge in [-0.2, -0.15) is 0 Å². The van der Waals surface area contributed by atoms with E-state index in [-0.39, 0.29) is 30.3 Å². The highest BCUT2D eigenvalue weighted by molar-refractivity contribution is 5.95. The van der Waals surface area contributed by atoms with Gasteiger partial charge in [0, 0.05) is 12.5 Å². The van der Waals surface area contributed by atoms with Gasteiger partial charge in [0.25, 0.3) is 0 Å². The SMILES string of the molecule is C#CCC(C)N1CC(=O)NC(C(C)C)C1=O. The molecule has 4 heteroatoms. The summed E-state index contributed by atoms with van der Waals surface area (Å²) >= 11 is 0. The molecule has 1 fully saturated rings. The minimum absolute atomic E-state index is 0.0302. The van der Waals surface area contributed by atoms with Crippen LogP contribution in [-0.4, -0.2) is 35.3 Å². The lowest BCUT2D eigenvalue weighted by atomic mass is 9.99. The molecule has 1 saturated heterocycles. The van der Waals surface area contributed by atoms with Crippen molar-refractivity contribution >= 4 is 11.8 Å². The third-order valence-corrected chi connectivity index (χ3v) is 2.79. The van der Waals surface area contributed by atoms with E-state index in [4.69, 9.17) is 6.42 Å². The molecular formula is C12H18N2O2. The second kappa shape index (κ2) is 5.02. The highest BCUT2D eigenvalue weighted by Gasteiger charge is 2.36. The molecule has 16 heavy (non-hydrogen) atoms. The third kappa shape index (κ3) is 2.54. The molecular weight excluding hydrogens is 204 g/mol. The van der Waals surface area contributed by atoms with Crippen LogP contribution in [0, 0.1) is 18.3 Å². The first-order valence-corrected chi connectivity index (χ1v) is 5.50. The standard InChI is InChI=1S/C12H18N2O2/c1-5-6-9(4)14-7-10(15)13-11(8(2)3)12(14)16/h1,8-9,11H,6-7H2,2-4H3,(H,13,15). The number of terminal acetylenes is 1. The number of nitrogens with one attached hydrogen (secondary N) is 1. The summed E-state index contributed by atoms with van der Waals surface area (Å²) in [5.74, 6) is 2.47. The Labute approximate surface area is 96.4 Å². The van der Waals surface area contributed by atoms with Crippen molar-refractivity contribution in [3.8, 4) is 12.3 Å². The van der Waals surface area contributed by atoms with Crippen LogP contribution < -0.4 is 5.32 Å². The maximum atomic E-state index is 12.1. The highest BCUT2D eigenvalue weighted by atomic mass is 16.2. The normalized spacial score (nSPS) is 22.9. The van der Waals surface area contributed by atoms with Crippen LogP contribution >= 0.6 is 0 Å². The Morgan fingerprint density at radius 1 is 1.50 bits per heavy atom. The third-order valence-electron chi connectivity index (χ3n) is 2.79. The number of carbonyl (C=O) groups is 2. The number of carbonyl (C=O) groups excluding carboxylic acids is 2. The zero-order valence-electron chi connectivity index (χ0n) is 9.99. The number of hydrogen-bond acceptors (Lipinski definition) is 2. The van der Waals surface area contributed by atoms with E-state index in [1.807, 2.05) is 20.8 Å². The van der Waals surface area contributed by atoms with E-state index >= 15 is 0 Å². The Morgan fingerprint density at radius 2 is 2.12 bits per heavy atom. The van der Waals surface area contributed by atoms with Crippen LogP contribution in [0.2, 0.25) is 0 Å². The lowest BCUT2D eigenvalue weighted by molar-refractivity contribution is -0.147. The number of amides is 2. The van der Waals surface area contributed by atoms with Gasteiger partial charge in [0.2, 0.25) is 11.8 Å². The molecule has 0 bridgehead atoms. The second-order valence-electron chi connectivity index (χ2n) is 4.51. The van der Waals surface area contributed by atoms with Gasteiger partial charge >= 0.3 is 0 Å². The molecule has 2 amide bonds. The Hall–Kier alpha value is -1.50. The molecule has 1 aliphatic heterocycles. The second-order valence-corrected chi connectivity index (χ2v) is 4.51. The van der Waals surface area contributed by atoms with Gasteiger partial charge in [-0.25, -0.2) is 0 Å². The van der Waals surface area contributed by atoms with Crippen molar-refractivity contribution in [2.24, 2.45) is 5.92 Å². The summed E-state index contributed by atoms with van der Waals surface area (Å²) in [5.41, 5.74) is 0. The monoisotopic (exact) mass is 222 g/mol. The fraction of sp³-hybridized carbons (Fsp3) is 0.667. The van der Waals surface area contributed by atoms with E-state index in [0.717, 1.165) is 0 Å². The highest BCUT2D eigenvalue weighted by Crippen LogP contribution is 2.14. The molecule has 1 heterocycles. The minimum Gasteiger partial charge on any atom is -0.343 e. The van der Waals surface area contributed by atoms with Crippen molar-refractivity contribution in [3.63, 3.8) is 0 Å². The van der Waals surface area contributed by atoms with Crippen molar-refractivity contribution in [1.82, 2.24) is 10.2 Å². The first-order valence-electron chi connectivity index (χ1n) is 5.50. The van der Waals surface area contributed by atoms with E-state index in [1.54, 1.807) is 4.90 Å². The molecule has 0 aromatic heterocycles. The zero-order valence-corrected chi connectivity index (χ0v) is 9.99. The Kier molecular flexibility index (Phi) is 3.94. The summed E-state index contributed by atoms with van der Waals surface area (Å²) in [5, 5.41) is 2.71. The predicted octanol–water partition coefficient (Wildman–Crippen LogP) is 0.381. The Bertz CT molecular complexity index is 330. The lowest BCUT2D eigenvalue weighted by Crippen LogP contribution is -2.61. The van der Waals surface area contributed by atoms with Crippen LogP contribution in [0.1, 0.15) is 27.2 Å². The molecule has 1 aliphatic rings. The molecule has 2 unspecified atom stereocenters. The zero-order chi connectivity index (χ0) is 12.3. The van der Waals surface area contributed by atoms with Crippen molar-refractivity contribution in [2.75, 3.05) is 6.54 Å². The molecule has 88 valence electrons. The summed E-state index contributed by atoms with van der Waals surface area (Å²) in [6, 6.07) is -0.494. The van der Waals surface area contributed by atoms with Gasteiger partial charge in [-0.1, -0.05) is 13.8 Å². The van der Waals surface area contributed by atoms with Gasteiger partial charge in [-0.3, -0.25) is 9.59 Å². The van der Waals surface area contributed by atoms with E-state index < -0.39 is 6.04 Å². The van der Waals surface area contributed by atoms with E-state index in [2.05, 4.69) is 11.2 Å². The molecule has 0 radical (unpaired) electrons. The molecule has 4 nitrogen and oxygen atoms in total. The molecule has 2 atom stereocenters. The number of rotatable bonds is 3. The van der Waals surface area contributed by atoms with Gasteiger partial charge in [-0.15, -0.1) is 12.3 Å². The lowest BCUT2D eigenvalue weighted by Gasteiger charge is -2.37. The van der Waals surface area contributed by atoms with E-state index in [9.17, 15) is 9.59 Å². The number of piperazine rings is 1. The average Bonchev–Trinajstić information content (AvgIpc) is 2.20. The van der Waals surface area contributed by atoms with Crippen LogP contribution in [-0.2, 0) is 9.59 Å². The Balaban J connectivity index is 2.81. The number of nitrogens with zero attached hydrogens (tertiary/aromatic N) is 1. The number of hydrogen-bond donors (Lipinski definition) is 1. The van der Waals surface area contributed by atoms with Crippen molar-refractivity contribution in [3.05, 3.63) is 0 Å². The molecule has 0 saturated carbocycles. The summed E-state index contributed by atoms with van der Waals surface area (Å²) < 4.78 is 0. The first kappa shape index (κ1) is 12.6. The summed E-state index contributed by atoms with van der Waals surface area (Å²) in [7, 11) is 0. The first-order chi connectivity index (χ1) is 7.47. The Morgan fingerprint density at radius 3 is 2.62 bits per heavy atom. The quantitative estimate of drug-likeness (QED) is 0.702. The molecule has 1 N–H and O–H groups in total. The molecule has 0 aromatic rings. The van der Waals surface area contributed by atoms with Crippen LogP contribution in [0.3, 0.4) is 0 Å². The van der Waals surface area contributed by atoms with Gasteiger partial charge in [0.15, 0.2) is 0 Å². The summed E-state index contributed by atoms with van der Waals surface area (Å²) in [6.45, 7) is 5.81. The van der Waals surface area contributed by atoms with Gasteiger partial charge in [-0.05, 0) is 12.8 Å². The van der Waals surface area contributed by atoms with Crippen LogP contribution in [0.25, 0.3) is 0 Å². The summed E-state index contributed by atoms with van der Waals surface area (Å²) in [4.78, 5) is 25.1.